The van der Waals surface area contributed by atoms with Gasteiger partial charge in [-0.2, -0.15) is 0 Å². The summed E-state index contributed by atoms with van der Waals surface area (Å²) in [7, 11) is -9.19. The molecule has 0 aromatic rings. The Hall–Kier alpha value is -1.95. The fourth-order valence-corrected chi connectivity index (χ4v) is 2.57. The van der Waals surface area contributed by atoms with Gasteiger partial charge in [0.05, 0.1) is 45.7 Å². The SMILES string of the molecule is C.C=C1CC(=O)O1.CC(=O)CC(=O)NS(=O)(=O)[O-].CC[NH+](CC)CC.CC[NH+](CC)CC.NS(=O)(=O)[O-]. The number of nitrogens with one attached hydrogen (secondary N) is 3. The molecular formula is C21H48N4O10S2. The van der Waals surface area contributed by atoms with Crippen LogP contribution in [0, 0.1) is 0 Å². The second-order valence-corrected chi connectivity index (χ2v) is 9.26. The van der Waals surface area contributed by atoms with E-state index in [0.29, 0.717) is 12.2 Å². The van der Waals surface area contributed by atoms with Gasteiger partial charge in [-0.15, -0.1) is 0 Å². The summed E-state index contributed by atoms with van der Waals surface area (Å²) in [5, 5.41) is 3.77. The first kappa shape index (κ1) is 45.0. The average molecular weight is 581 g/mol. The van der Waals surface area contributed by atoms with E-state index < -0.39 is 38.7 Å². The normalized spacial score (nSPS) is 11.8. The molecule has 5 N–H and O–H groups in total. The van der Waals surface area contributed by atoms with E-state index in [0.717, 1.165) is 11.6 Å². The maximum atomic E-state index is 10.4. The number of rotatable bonds is 9. The van der Waals surface area contributed by atoms with E-state index in [1.54, 1.807) is 9.80 Å². The van der Waals surface area contributed by atoms with Crippen LogP contribution in [0.4, 0.5) is 0 Å². The Morgan fingerprint density at radius 3 is 1.27 bits per heavy atom. The van der Waals surface area contributed by atoms with Crippen LogP contribution in [0.5, 0.6) is 0 Å². The number of ketones is 1. The van der Waals surface area contributed by atoms with Crippen molar-refractivity contribution in [3.05, 3.63) is 12.3 Å². The number of quaternary nitrogens is 2. The van der Waals surface area contributed by atoms with Crippen LogP contribution in [-0.2, 0) is 39.7 Å². The lowest BCUT2D eigenvalue weighted by Crippen LogP contribution is -3.11. The number of esters is 1. The molecule has 0 radical (unpaired) electrons. The number of nitrogens with two attached hydrogens (primary N) is 1. The van der Waals surface area contributed by atoms with Crippen molar-refractivity contribution in [2.75, 3.05) is 39.3 Å². The maximum Gasteiger partial charge on any atom is 0.318 e. The Morgan fingerprint density at radius 1 is 0.919 bits per heavy atom. The number of amides is 1. The first-order valence-electron chi connectivity index (χ1n) is 11.3. The van der Waals surface area contributed by atoms with Crippen LogP contribution < -0.4 is 19.7 Å². The molecule has 16 heteroatoms. The third-order valence-corrected chi connectivity index (χ3v) is 4.73. The van der Waals surface area contributed by atoms with Gasteiger partial charge in [0.2, 0.25) is 5.91 Å². The highest BCUT2D eigenvalue weighted by Crippen LogP contribution is 2.13. The van der Waals surface area contributed by atoms with Crippen molar-refractivity contribution in [3.63, 3.8) is 0 Å². The van der Waals surface area contributed by atoms with E-state index >= 15 is 0 Å². The van der Waals surface area contributed by atoms with E-state index in [-0.39, 0.29) is 13.4 Å². The molecule has 1 fully saturated rings. The van der Waals surface area contributed by atoms with Crippen LogP contribution in [0.1, 0.15) is 68.7 Å². The molecule has 14 nitrogen and oxygen atoms in total. The average Bonchev–Trinajstić information content (AvgIpc) is 2.68. The van der Waals surface area contributed by atoms with Gasteiger partial charge in [0, 0.05) is 0 Å². The van der Waals surface area contributed by atoms with Gasteiger partial charge in [-0.1, -0.05) is 14.0 Å². The molecule has 0 saturated carbocycles. The van der Waals surface area contributed by atoms with E-state index in [2.05, 4.69) is 58.0 Å². The maximum absolute atomic E-state index is 10.4. The van der Waals surface area contributed by atoms with Gasteiger partial charge in [0.15, 0.2) is 20.6 Å². The topological polar surface area (TPSA) is 222 Å². The van der Waals surface area contributed by atoms with Crippen molar-refractivity contribution < 1.29 is 54.9 Å². The predicted molar refractivity (Wildman–Crippen MR) is 139 cm³/mol. The summed E-state index contributed by atoms with van der Waals surface area (Å²) in [5.41, 5.74) is 0. The number of carbonyl (C=O) groups is 3. The Labute approximate surface area is 223 Å². The summed E-state index contributed by atoms with van der Waals surface area (Å²) in [6, 6.07) is 0. The summed E-state index contributed by atoms with van der Waals surface area (Å²) in [6.07, 6.45) is -0.179. The third kappa shape index (κ3) is 47.8. The van der Waals surface area contributed by atoms with Crippen molar-refractivity contribution in [3.8, 4) is 0 Å². The summed E-state index contributed by atoms with van der Waals surface area (Å²) in [4.78, 5) is 33.7. The molecule has 1 rings (SSSR count). The molecule has 0 unspecified atom stereocenters. The first-order valence-corrected chi connectivity index (χ1v) is 14.2. The van der Waals surface area contributed by atoms with Gasteiger partial charge in [-0.25, -0.2) is 22.0 Å². The highest BCUT2D eigenvalue weighted by molar-refractivity contribution is 7.84. The summed E-state index contributed by atoms with van der Waals surface area (Å²) in [5.74, 6) is -1.20. The van der Waals surface area contributed by atoms with Crippen molar-refractivity contribution in [1.82, 2.24) is 4.72 Å². The molecule has 0 bridgehead atoms. The zero-order valence-electron chi connectivity index (χ0n) is 22.3. The fraction of sp³-hybridized carbons (Fsp3) is 0.762. The van der Waals surface area contributed by atoms with E-state index in [1.807, 2.05) is 0 Å². The molecule has 0 aromatic carbocycles. The van der Waals surface area contributed by atoms with Crippen LogP contribution in [0.2, 0.25) is 0 Å². The number of hydrogen-bond donors (Lipinski definition) is 4. The molecule has 0 aromatic heterocycles. The Kier molecular flexibility index (Phi) is 31.2. The van der Waals surface area contributed by atoms with Gasteiger partial charge in [0.25, 0.3) is 0 Å². The monoisotopic (exact) mass is 580 g/mol. The van der Waals surface area contributed by atoms with Crippen molar-refractivity contribution in [1.29, 1.82) is 0 Å². The highest BCUT2D eigenvalue weighted by Gasteiger charge is 2.17. The molecular weight excluding hydrogens is 532 g/mol. The van der Waals surface area contributed by atoms with Gasteiger partial charge in [-0.05, 0) is 48.5 Å². The molecule has 1 amide bonds. The minimum Gasteiger partial charge on any atom is -0.736 e. The third-order valence-electron chi connectivity index (χ3n) is 4.25. The van der Waals surface area contributed by atoms with Crippen LogP contribution in [0.25, 0.3) is 0 Å². The largest absolute Gasteiger partial charge is 0.736 e. The standard InChI is InChI=1S/2C6H15N.C4H7NO5S.C4H4O2.CH4.H3NO3S/c2*1-4-7(5-2)6-3;1-3(6)2-4(7)5-11(8,9)10;1-3-2-4(5)6-3;;1-5(2,3)4/h2*4-6H2,1-3H3;2H2,1H3,(H,5,7)(H,8,9,10);1-2H2;1H4;(H3,1,2,3,4). The summed E-state index contributed by atoms with van der Waals surface area (Å²) >= 11 is 0. The number of ether oxygens (including phenoxy) is 1. The van der Waals surface area contributed by atoms with Crippen LogP contribution in [0.3, 0.4) is 0 Å². The Balaban J connectivity index is -0.000000118. The lowest BCUT2D eigenvalue weighted by molar-refractivity contribution is -0.894. The van der Waals surface area contributed by atoms with Gasteiger partial charge in [-0.3, -0.25) is 19.1 Å². The van der Waals surface area contributed by atoms with Crippen molar-refractivity contribution in [2.45, 2.75) is 68.7 Å². The molecule has 0 spiro atoms. The molecule has 224 valence electrons. The molecule has 1 heterocycles. The molecule has 1 aliphatic rings. The Morgan fingerprint density at radius 2 is 1.19 bits per heavy atom. The highest BCUT2D eigenvalue weighted by atomic mass is 32.2. The molecule has 1 saturated heterocycles. The quantitative estimate of drug-likeness (QED) is 0.132. The smallest absolute Gasteiger partial charge is 0.318 e. The number of cyclic esters (lactones) is 1. The lowest BCUT2D eigenvalue weighted by Gasteiger charge is -2.12. The van der Waals surface area contributed by atoms with Gasteiger partial charge in [0.1, 0.15) is 18.0 Å². The lowest BCUT2D eigenvalue weighted by atomic mass is 10.3. The van der Waals surface area contributed by atoms with E-state index in [4.69, 9.17) is 13.0 Å². The molecule has 0 atom stereocenters. The number of Topliss-reactive ketones (excluding diaryl/α,β-unsaturated/α-hetero) is 1. The van der Waals surface area contributed by atoms with Gasteiger partial charge >= 0.3 is 5.97 Å². The zero-order valence-corrected chi connectivity index (χ0v) is 24.0. The van der Waals surface area contributed by atoms with Crippen molar-refractivity contribution >= 4 is 38.3 Å². The minimum atomic E-state index is -4.77. The zero-order chi connectivity index (χ0) is 29.5. The van der Waals surface area contributed by atoms with Crippen molar-refractivity contribution in [2.24, 2.45) is 5.14 Å². The minimum absolute atomic E-state index is 0. The molecule has 0 aliphatic carbocycles. The van der Waals surface area contributed by atoms with Crippen LogP contribution in [-0.4, -0.2) is 82.9 Å². The van der Waals surface area contributed by atoms with E-state index in [1.165, 1.54) is 39.3 Å². The second-order valence-electron chi connectivity index (χ2n) is 7.16. The first-order chi connectivity index (χ1) is 16.3. The fourth-order valence-electron chi connectivity index (χ4n) is 2.22. The summed E-state index contributed by atoms with van der Waals surface area (Å²) in [6.45, 7) is 25.4. The van der Waals surface area contributed by atoms with Crippen LogP contribution >= 0.6 is 0 Å². The predicted octanol–water partition coefficient (Wildman–Crippen LogP) is -2.11. The van der Waals surface area contributed by atoms with Crippen LogP contribution in [0.15, 0.2) is 12.3 Å². The number of carbonyl (C=O) groups excluding carboxylic acids is 3. The second kappa shape index (κ2) is 25.7. The van der Waals surface area contributed by atoms with Gasteiger partial charge < -0.3 is 23.6 Å². The molecule has 37 heavy (non-hydrogen) atoms. The van der Waals surface area contributed by atoms with E-state index in [9.17, 15) is 27.4 Å². The summed E-state index contributed by atoms with van der Waals surface area (Å²) < 4.78 is 61.4. The molecule has 1 aliphatic heterocycles. The Bertz CT molecular complexity index is 786. The number of hydrogen-bond acceptors (Lipinski definition) is 10.